The van der Waals surface area contributed by atoms with Crippen molar-refractivity contribution >= 4 is 33.4 Å². The summed E-state index contributed by atoms with van der Waals surface area (Å²) in [5.74, 6) is -0.479. The van der Waals surface area contributed by atoms with Crippen molar-refractivity contribution in [2.75, 3.05) is 24.6 Å². The molecule has 190 valence electrons. The molecule has 0 unspecified atom stereocenters. The average molecular weight is 508 g/mol. The third kappa shape index (κ3) is 5.13. The van der Waals surface area contributed by atoms with Gasteiger partial charge in [-0.2, -0.15) is 25.9 Å². The van der Waals surface area contributed by atoms with Crippen molar-refractivity contribution in [2.24, 2.45) is 10.6 Å². The van der Waals surface area contributed by atoms with E-state index in [9.17, 15) is 31.2 Å². The SMILES string of the molecule is CCOC(=O)N(c1ccccc1CN1CCC(CC)(CC)/C(=N\OC)C1=O)S(=O)(=O)C(F)(F)F. The highest BCUT2D eigenvalue weighted by Crippen LogP contribution is 2.39. The van der Waals surface area contributed by atoms with Crippen LogP contribution in [0.1, 0.15) is 45.6 Å². The molecule has 0 saturated carbocycles. The van der Waals surface area contributed by atoms with Gasteiger partial charge in [0.1, 0.15) is 7.11 Å². The molecular weight excluding hydrogens is 479 g/mol. The van der Waals surface area contributed by atoms with E-state index >= 15 is 0 Å². The summed E-state index contributed by atoms with van der Waals surface area (Å²) >= 11 is 0. The molecule has 0 N–H and O–H groups in total. The van der Waals surface area contributed by atoms with E-state index in [2.05, 4.69) is 9.89 Å². The Kier molecular flexibility index (Phi) is 8.56. The summed E-state index contributed by atoms with van der Waals surface area (Å²) in [6.07, 6.45) is 0.0817. The Balaban J connectivity index is 2.53. The first-order chi connectivity index (χ1) is 15.9. The molecule has 1 saturated heterocycles. The summed E-state index contributed by atoms with van der Waals surface area (Å²) in [6.45, 7) is 4.83. The van der Waals surface area contributed by atoms with Gasteiger partial charge >= 0.3 is 21.6 Å². The van der Waals surface area contributed by atoms with E-state index in [0.29, 0.717) is 19.3 Å². The number of sulfonamides is 1. The number of alkyl halides is 3. The van der Waals surface area contributed by atoms with Crippen LogP contribution in [-0.4, -0.2) is 56.8 Å². The molecule has 13 heteroatoms. The highest BCUT2D eigenvalue weighted by molar-refractivity contribution is 7.94. The van der Waals surface area contributed by atoms with Gasteiger partial charge in [0.15, 0.2) is 5.71 Å². The molecule has 0 bridgehead atoms. The minimum absolute atomic E-state index is 0.00833. The predicted molar refractivity (Wildman–Crippen MR) is 118 cm³/mol. The zero-order valence-electron chi connectivity index (χ0n) is 19.4. The second-order valence-corrected chi connectivity index (χ2v) is 9.41. The van der Waals surface area contributed by atoms with Crippen LogP contribution in [0.15, 0.2) is 29.4 Å². The van der Waals surface area contributed by atoms with E-state index in [4.69, 9.17) is 4.84 Å². The Morgan fingerprint density at radius 1 is 1.21 bits per heavy atom. The van der Waals surface area contributed by atoms with E-state index < -0.39 is 42.9 Å². The zero-order valence-corrected chi connectivity index (χ0v) is 20.2. The number of ether oxygens (including phenoxy) is 1. The second-order valence-electron chi connectivity index (χ2n) is 7.63. The first-order valence-corrected chi connectivity index (χ1v) is 12.1. The number of halogens is 3. The fourth-order valence-corrected chi connectivity index (χ4v) is 4.81. The van der Waals surface area contributed by atoms with Crippen molar-refractivity contribution in [3.05, 3.63) is 29.8 Å². The molecule has 0 radical (unpaired) electrons. The van der Waals surface area contributed by atoms with Crippen molar-refractivity contribution in [2.45, 2.75) is 52.1 Å². The van der Waals surface area contributed by atoms with Crippen molar-refractivity contribution < 1.29 is 40.8 Å². The fraction of sp³-hybridized carbons (Fsp3) is 0.571. The lowest BCUT2D eigenvalue weighted by molar-refractivity contribution is -0.127. The van der Waals surface area contributed by atoms with Crippen LogP contribution in [0.5, 0.6) is 0 Å². The zero-order chi connectivity index (χ0) is 25.7. The molecule has 1 fully saturated rings. The highest BCUT2D eigenvalue weighted by Gasteiger charge is 2.54. The number of benzene rings is 1. The van der Waals surface area contributed by atoms with Crippen LogP contribution in [0.3, 0.4) is 0 Å². The maximum atomic E-state index is 13.4. The molecule has 34 heavy (non-hydrogen) atoms. The molecule has 1 aliphatic heterocycles. The van der Waals surface area contributed by atoms with Crippen molar-refractivity contribution in [3.63, 3.8) is 0 Å². The number of likely N-dealkylation sites (tertiary alicyclic amines) is 1. The Morgan fingerprint density at radius 3 is 2.35 bits per heavy atom. The minimum Gasteiger partial charge on any atom is -0.449 e. The molecule has 2 amide bonds. The van der Waals surface area contributed by atoms with Gasteiger partial charge in [-0.25, -0.2) is 4.79 Å². The van der Waals surface area contributed by atoms with Gasteiger partial charge in [0, 0.05) is 18.5 Å². The quantitative estimate of drug-likeness (QED) is 0.492. The number of oxime groups is 1. The van der Waals surface area contributed by atoms with Crippen LogP contribution < -0.4 is 4.31 Å². The molecule has 1 heterocycles. The Hall–Kier alpha value is -2.83. The van der Waals surface area contributed by atoms with Crippen LogP contribution in [-0.2, 0) is 30.9 Å². The lowest BCUT2D eigenvalue weighted by atomic mass is 9.72. The second kappa shape index (κ2) is 10.6. The van der Waals surface area contributed by atoms with Crippen LogP contribution in [0, 0.1) is 5.41 Å². The number of anilines is 1. The summed E-state index contributed by atoms with van der Waals surface area (Å²) in [4.78, 5) is 31.8. The largest absolute Gasteiger partial charge is 0.517 e. The number of carbonyl (C=O) groups is 2. The molecule has 2 rings (SSSR count). The molecule has 1 aromatic rings. The topological polar surface area (TPSA) is 106 Å². The fourth-order valence-electron chi connectivity index (χ4n) is 3.92. The van der Waals surface area contributed by atoms with Crippen LogP contribution >= 0.6 is 0 Å². The molecule has 0 aromatic heterocycles. The van der Waals surface area contributed by atoms with Crippen LogP contribution in [0.2, 0.25) is 0 Å². The van der Waals surface area contributed by atoms with E-state index in [0.717, 1.165) is 6.07 Å². The van der Waals surface area contributed by atoms with Crippen molar-refractivity contribution in [1.82, 2.24) is 4.90 Å². The Bertz CT molecular complexity index is 1040. The predicted octanol–water partition coefficient (Wildman–Crippen LogP) is 4.04. The lowest BCUT2D eigenvalue weighted by Crippen LogP contribution is -2.52. The van der Waals surface area contributed by atoms with Gasteiger partial charge < -0.3 is 14.5 Å². The summed E-state index contributed by atoms with van der Waals surface area (Å²) in [5, 5.41) is 3.93. The normalized spacial score (nSPS) is 17.6. The summed E-state index contributed by atoms with van der Waals surface area (Å²) in [7, 11) is -4.81. The van der Waals surface area contributed by atoms with Gasteiger partial charge in [0.25, 0.3) is 5.91 Å². The van der Waals surface area contributed by atoms with E-state index in [-0.39, 0.29) is 31.0 Å². The summed E-state index contributed by atoms with van der Waals surface area (Å²) in [6, 6.07) is 5.14. The molecule has 0 atom stereocenters. The number of hydrogen-bond donors (Lipinski definition) is 0. The monoisotopic (exact) mass is 507 g/mol. The number of amides is 2. The average Bonchev–Trinajstić information content (AvgIpc) is 2.77. The van der Waals surface area contributed by atoms with Crippen molar-refractivity contribution in [1.29, 1.82) is 0 Å². The third-order valence-electron chi connectivity index (χ3n) is 5.93. The number of carbonyl (C=O) groups excluding carboxylic acids is 2. The van der Waals surface area contributed by atoms with Gasteiger partial charge in [-0.1, -0.05) is 37.2 Å². The van der Waals surface area contributed by atoms with Crippen LogP contribution in [0.25, 0.3) is 0 Å². The number of hydrogen-bond acceptors (Lipinski definition) is 7. The number of nitrogens with zero attached hydrogens (tertiary/aromatic N) is 3. The summed E-state index contributed by atoms with van der Waals surface area (Å²) < 4.78 is 68.9. The molecular formula is C21H28F3N3O6S. The highest BCUT2D eigenvalue weighted by atomic mass is 32.2. The number of rotatable bonds is 8. The van der Waals surface area contributed by atoms with Gasteiger partial charge in [0.2, 0.25) is 0 Å². The van der Waals surface area contributed by atoms with E-state index in [1.807, 2.05) is 13.8 Å². The smallest absolute Gasteiger partial charge is 0.449 e. The molecule has 9 nitrogen and oxygen atoms in total. The van der Waals surface area contributed by atoms with E-state index in [1.54, 1.807) is 0 Å². The van der Waals surface area contributed by atoms with Gasteiger partial charge in [-0.15, -0.1) is 0 Å². The first kappa shape index (κ1) is 27.4. The Morgan fingerprint density at radius 2 is 1.82 bits per heavy atom. The molecule has 0 aliphatic carbocycles. The minimum atomic E-state index is -6.12. The Labute approximate surface area is 196 Å². The molecule has 1 aromatic carbocycles. The maximum Gasteiger partial charge on any atom is 0.517 e. The van der Waals surface area contributed by atoms with Gasteiger partial charge in [0.05, 0.1) is 12.3 Å². The maximum absolute atomic E-state index is 13.4. The van der Waals surface area contributed by atoms with Gasteiger partial charge in [-0.05, 0) is 37.8 Å². The number of para-hydroxylation sites is 1. The van der Waals surface area contributed by atoms with Crippen molar-refractivity contribution in [3.8, 4) is 0 Å². The standard InChI is InChI=1S/C21H28F3N3O6S/c1-5-20(6-2)12-13-26(18(28)17(20)25-32-4)14-15-10-8-9-11-16(15)27(19(29)33-7-3)34(30,31)21(22,23)24/h8-11H,5-7,12-14H2,1-4H3/b25-17-. The number of piperidine rings is 1. The molecule has 1 aliphatic rings. The van der Waals surface area contributed by atoms with Crippen LogP contribution in [0.4, 0.5) is 23.7 Å². The lowest BCUT2D eigenvalue weighted by Gasteiger charge is -2.41. The van der Waals surface area contributed by atoms with E-state index in [1.165, 1.54) is 37.1 Å². The first-order valence-electron chi connectivity index (χ1n) is 10.7. The molecule has 0 spiro atoms. The van der Waals surface area contributed by atoms with Gasteiger partial charge in [-0.3, -0.25) is 4.79 Å². The third-order valence-corrected chi connectivity index (χ3v) is 7.34. The summed E-state index contributed by atoms with van der Waals surface area (Å²) in [5.41, 5.74) is -6.63.